The van der Waals surface area contributed by atoms with Crippen molar-refractivity contribution in [2.45, 2.75) is 25.9 Å². The first-order valence-corrected chi connectivity index (χ1v) is 13.0. The standard InChI is InChI=1S/C31H28N4O5/c36-28(32-24-12-8-11-23(19-24)29-26-13-4-5-14-27(26)30(37)34-33-29)15-6-7-17-35(25-16-18-39-21-25)31(38)40-20-22-9-2-1-3-10-22/h1-5,8-14,16,18-19,21H,6-7,15,17,20H2,(H,32,36)(H,34,37). The zero-order chi connectivity index (χ0) is 27.7. The minimum absolute atomic E-state index is 0.141. The first-order chi connectivity index (χ1) is 19.6. The Labute approximate surface area is 230 Å². The molecule has 0 unspecified atom stereocenters. The van der Waals surface area contributed by atoms with Crippen LogP contribution in [0.15, 0.2) is 107 Å². The molecule has 0 saturated heterocycles. The second kappa shape index (κ2) is 12.6. The number of furan rings is 1. The Hall–Kier alpha value is -5.18. The van der Waals surface area contributed by atoms with E-state index in [2.05, 4.69) is 15.5 Å². The van der Waals surface area contributed by atoms with Crippen LogP contribution in [0.25, 0.3) is 22.0 Å². The van der Waals surface area contributed by atoms with Gasteiger partial charge in [-0.2, -0.15) is 5.10 Å². The van der Waals surface area contributed by atoms with Gasteiger partial charge in [0.15, 0.2) is 0 Å². The Bertz CT molecular complexity index is 1650. The van der Waals surface area contributed by atoms with E-state index >= 15 is 0 Å². The summed E-state index contributed by atoms with van der Waals surface area (Å²) in [6.07, 6.45) is 3.95. The number of H-pyrrole nitrogens is 1. The second-order valence-corrected chi connectivity index (χ2v) is 9.21. The first kappa shape index (κ1) is 26.4. The van der Waals surface area contributed by atoms with Gasteiger partial charge < -0.3 is 14.5 Å². The summed E-state index contributed by atoms with van der Waals surface area (Å²) in [7, 11) is 0. The van der Waals surface area contributed by atoms with Gasteiger partial charge in [-0.05, 0) is 36.6 Å². The van der Waals surface area contributed by atoms with Crippen LogP contribution in [0.1, 0.15) is 24.8 Å². The van der Waals surface area contributed by atoms with E-state index in [1.54, 1.807) is 24.3 Å². The van der Waals surface area contributed by atoms with Crippen molar-refractivity contribution < 1.29 is 18.7 Å². The molecule has 2 aromatic heterocycles. The molecule has 2 N–H and O–H groups in total. The Balaban J connectivity index is 1.16. The highest BCUT2D eigenvalue weighted by atomic mass is 16.6. The summed E-state index contributed by atoms with van der Waals surface area (Å²) >= 11 is 0. The van der Waals surface area contributed by atoms with Crippen molar-refractivity contribution in [3.05, 3.63) is 113 Å². The maximum Gasteiger partial charge on any atom is 0.414 e. The number of hydrogen-bond acceptors (Lipinski definition) is 6. The quantitative estimate of drug-likeness (QED) is 0.207. The maximum atomic E-state index is 12.8. The third-order valence-electron chi connectivity index (χ3n) is 6.39. The molecule has 9 nitrogen and oxygen atoms in total. The molecule has 0 spiro atoms. The number of aromatic nitrogens is 2. The summed E-state index contributed by atoms with van der Waals surface area (Å²) in [5, 5.41) is 11.0. The van der Waals surface area contributed by atoms with Gasteiger partial charge in [0, 0.05) is 35.7 Å². The van der Waals surface area contributed by atoms with E-state index in [-0.39, 0.29) is 24.5 Å². The molecule has 5 rings (SSSR count). The van der Waals surface area contributed by atoms with Gasteiger partial charge in [0.05, 0.1) is 23.0 Å². The topological polar surface area (TPSA) is 118 Å². The van der Waals surface area contributed by atoms with E-state index in [9.17, 15) is 14.4 Å². The number of carbonyl (C=O) groups is 2. The number of ether oxygens (including phenoxy) is 1. The highest BCUT2D eigenvalue weighted by molar-refractivity contribution is 5.95. The average molecular weight is 537 g/mol. The fourth-order valence-corrected chi connectivity index (χ4v) is 4.39. The largest absolute Gasteiger partial charge is 0.470 e. The van der Waals surface area contributed by atoms with Crippen molar-refractivity contribution in [2.24, 2.45) is 0 Å². The number of fused-ring (bicyclic) bond motifs is 1. The van der Waals surface area contributed by atoms with Gasteiger partial charge in [-0.25, -0.2) is 9.89 Å². The van der Waals surface area contributed by atoms with Crippen LogP contribution in [0.3, 0.4) is 0 Å². The fourth-order valence-electron chi connectivity index (χ4n) is 4.39. The number of nitrogens with zero attached hydrogens (tertiary/aromatic N) is 2. The molecular weight excluding hydrogens is 508 g/mol. The first-order valence-electron chi connectivity index (χ1n) is 13.0. The van der Waals surface area contributed by atoms with Crippen LogP contribution in [0.5, 0.6) is 0 Å². The summed E-state index contributed by atoms with van der Waals surface area (Å²) in [5.41, 5.74) is 3.28. The summed E-state index contributed by atoms with van der Waals surface area (Å²) < 4.78 is 10.6. The van der Waals surface area contributed by atoms with E-state index in [1.165, 1.54) is 17.4 Å². The minimum atomic E-state index is -0.477. The van der Waals surface area contributed by atoms with Crippen LogP contribution < -0.4 is 15.8 Å². The Morgan fingerprint density at radius 1 is 0.925 bits per heavy atom. The number of aromatic amines is 1. The van der Waals surface area contributed by atoms with Crippen molar-refractivity contribution in [2.75, 3.05) is 16.8 Å². The molecule has 0 atom stereocenters. The van der Waals surface area contributed by atoms with Gasteiger partial charge in [0.25, 0.3) is 5.56 Å². The predicted octanol–water partition coefficient (Wildman–Crippen LogP) is 6.14. The zero-order valence-corrected chi connectivity index (χ0v) is 21.7. The number of nitrogens with one attached hydrogen (secondary N) is 2. The lowest BCUT2D eigenvalue weighted by molar-refractivity contribution is -0.116. The second-order valence-electron chi connectivity index (χ2n) is 9.21. The van der Waals surface area contributed by atoms with Crippen molar-refractivity contribution in [3.63, 3.8) is 0 Å². The lowest BCUT2D eigenvalue weighted by Crippen LogP contribution is -2.32. The van der Waals surface area contributed by atoms with E-state index in [0.29, 0.717) is 41.8 Å². The van der Waals surface area contributed by atoms with Gasteiger partial charge >= 0.3 is 6.09 Å². The van der Waals surface area contributed by atoms with Gasteiger partial charge in [-0.3, -0.25) is 14.5 Å². The maximum absolute atomic E-state index is 12.8. The zero-order valence-electron chi connectivity index (χ0n) is 21.7. The molecule has 9 heteroatoms. The molecule has 5 aromatic rings. The monoisotopic (exact) mass is 536 g/mol. The van der Waals surface area contributed by atoms with E-state index in [0.717, 1.165) is 16.5 Å². The number of carbonyl (C=O) groups excluding carboxylic acids is 2. The van der Waals surface area contributed by atoms with Crippen LogP contribution >= 0.6 is 0 Å². The lowest BCUT2D eigenvalue weighted by atomic mass is 10.0. The molecule has 0 aliphatic rings. The Kier molecular flexibility index (Phi) is 8.31. The summed E-state index contributed by atoms with van der Waals surface area (Å²) in [6, 6.07) is 25.8. The van der Waals surface area contributed by atoms with E-state index in [1.807, 2.05) is 60.7 Å². The number of benzene rings is 3. The van der Waals surface area contributed by atoms with E-state index < -0.39 is 6.09 Å². The number of amides is 2. The van der Waals surface area contributed by atoms with Crippen LogP contribution in [0, 0.1) is 0 Å². The molecule has 0 bridgehead atoms. The number of unbranched alkanes of at least 4 members (excludes halogenated alkanes) is 1. The third-order valence-corrected chi connectivity index (χ3v) is 6.39. The lowest BCUT2D eigenvalue weighted by Gasteiger charge is -2.20. The number of anilines is 2. The highest BCUT2D eigenvalue weighted by Crippen LogP contribution is 2.26. The van der Waals surface area contributed by atoms with Crippen molar-refractivity contribution >= 4 is 34.1 Å². The Morgan fingerprint density at radius 2 is 1.73 bits per heavy atom. The molecule has 0 radical (unpaired) electrons. The van der Waals surface area contributed by atoms with Gasteiger partial charge in [0.2, 0.25) is 5.91 Å². The van der Waals surface area contributed by atoms with Crippen molar-refractivity contribution in [3.8, 4) is 11.3 Å². The SMILES string of the molecule is O=C(CCCCN(C(=O)OCc1ccccc1)c1ccoc1)Nc1cccc(-c2n[nH]c(=O)c3ccccc23)c1. The van der Waals surface area contributed by atoms with Crippen LogP contribution in [0.4, 0.5) is 16.2 Å². The molecule has 40 heavy (non-hydrogen) atoms. The molecular formula is C31H28N4O5. The summed E-state index contributed by atoms with van der Waals surface area (Å²) in [6.45, 7) is 0.542. The molecule has 3 aromatic carbocycles. The number of rotatable bonds is 10. The van der Waals surface area contributed by atoms with Crippen LogP contribution in [-0.2, 0) is 16.1 Å². The normalized spacial score (nSPS) is 10.8. The third kappa shape index (κ3) is 6.44. The smallest absolute Gasteiger partial charge is 0.414 e. The van der Waals surface area contributed by atoms with Crippen molar-refractivity contribution in [1.82, 2.24) is 10.2 Å². The summed E-state index contributed by atoms with van der Waals surface area (Å²) in [4.78, 5) is 39.1. The molecule has 202 valence electrons. The van der Waals surface area contributed by atoms with Gasteiger partial charge in [-0.15, -0.1) is 0 Å². The van der Waals surface area contributed by atoms with E-state index in [4.69, 9.17) is 9.15 Å². The van der Waals surface area contributed by atoms with Gasteiger partial charge in [0.1, 0.15) is 12.9 Å². The fraction of sp³-hybridized carbons (Fsp3) is 0.161. The molecule has 2 amide bonds. The van der Waals surface area contributed by atoms with Crippen molar-refractivity contribution in [1.29, 1.82) is 0 Å². The van der Waals surface area contributed by atoms with Crippen LogP contribution in [-0.4, -0.2) is 28.7 Å². The average Bonchev–Trinajstić information content (AvgIpc) is 3.52. The van der Waals surface area contributed by atoms with Crippen LogP contribution in [0.2, 0.25) is 0 Å². The predicted molar refractivity (Wildman–Crippen MR) is 153 cm³/mol. The highest BCUT2D eigenvalue weighted by Gasteiger charge is 2.18. The minimum Gasteiger partial charge on any atom is -0.470 e. The molecule has 0 fully saturated rings. The molecule has 0 aliphatic heterocycles. The summed E-state index contributed by atoms with van der Waals surface area (Å²) in [5.74, 6) is -0.141. The van der Waals surface area contributed by atoms with Gasteiger partial charge in [-0.1, -0.05) is 60.7 Å². The molecule has 0 saturated carbocycles. The number of hydrogen-bond donors (Lipinski definition) is 2. The molecule has 0 aliphatic carbocycles. The Morgan fingerprint density at radius 3 is 2.52 bits per heavy atom. The molecule has 2 heterocycles.